The molecule has 0 heterocycles. The third-order valence-electron chi connectivity index (χ3n) is 4.95. The monoisotopic (exact) mass is 553 g/mol. The average molecular weight is 555 g/mol. The number of benzene rings is 2. The quantitative estimate of drug-likeness (QED) is 0.512. The fraction of sp³-hybridized carbons (Fsp3) is 0.417. The summed E-state index contributed by atoms with van der Waals surface area (Å²) in [4.78, 5) is 27.8. The summed E-state index contributed by atoms with van der Waals surface area (Å²) in [6.07, 6.45) is 1.04. The molecule has 0 radical (unpaired) electrons. The number of rotatable bonds is 9. The number of sulfonamides is 1. The molecule has 2 aromatic carbocycles. The maximum atomic E-state index is 13.5. The highest BCUT2D eigenvalue weighted by molar-refractivity contribution is 9.10. The molecule has 0 aliphatic rings. The molecule has 8 nitrogen and oxygen atoms in total. The molecule has 0 spiro atoms. The number of nitrogens with one attached hydrogen (secondary N) is 1. The minimum absolute atomic E-state index is 0.136. The molecule has 1 atom stereocenters. The van der Waals surface area contributed by atoms with Gasteiger partial charge in [0.1, 0.15) is 18.3 Å². The van der Waals surface area contributed by atoms with E-state index in [1.807, 2.05) is 45.0 Å². The van der Waals surface area contributed by atoms with Crippen LogP contribution in [0.4, 0.5) is 5.69 Å². The zero-order valence-electron chi connectivity index (χ0n) is 20.3. The predicted octanol–water partition coefficient (Wildman–Crippen LogP) is 3.56. The van der Waals surface area contributed by atoms with Crippen molar-refractivity contribution in [3.05, 3.63) is 58.6 Å². The normalized spacial score (nSPS) is 12.6. The van der Waals surface area contributed by atoms with E-state index in [-0.39, 0.29) is 12.5 Å². The number of ether oxygens (including phenoxy) is 1. The first kappa shape index (κ1) is 27.7. The van der Waals surface area contributed by atoms with Crippen molar-refractivity contribution >= 4 is 43.5 Å². The molecule has 0 saturated heterocycles. The van der Waals surface area contributed by atoms with Crippen molar-refractivity contribution in [1.82, 2.24) is 10.2 Å². The Kier molecular flexibility index (Phi) is 9.13. The van der Waals surface area contributed by atoms with Gasteiger partial charge in [-0.1, -0.05) is 28.1 Å². The molecule has 10 heteroatoms. The van der Waals surface area contributed by atoms with Crippen LogP contribution < -0.4 is 14.4 Å². The summed E-state index contributed by atoms with van der Waals surface area (Å²) in [5.74, 6) is -0.267. The molecule has 1 N–H and O–H groups in total. The first-order valence-electron chi connectivity index (χ1n) is 10.7. The van der Waals surface area contributed by atoms with Crippen molar-refractivity contribution in [3.8, 4) is 5.75 Å². The number of hydrogen-bond acceptors (Lipinski definition) is 5. The van der Waals surface area contributed by atoms with E-state index in [0.717, 1.165) is 20.6 Å². The second kappa shape index (κ2) is 11.2. The van der Waals surface area contributed by atoms with Gasteiger partial charge in [0.25, 0.3) is 0 Å². The van der Waals surface area contributed by atoms with Crippen molar-refractivity contribution in [3.63, 3.8) is 0 Å². The van der Waals surface area contributed by atoms with Crippen LogP contribution in [0.2, 0.25) is 0 Å². The molecule has 0 fully saturated rings. The van der Waals surface area contributed by atoms with Crippen LogP contribution in [0.3, 0.4) is 0 Å². The van der Waals surface area contributed by atoms with E-state index in [0.29, 0.717) is 11.4 Å². The fourth-order valence-electron chi connectivity index (χ4n) is 3.25. The van der Waals surface area contributed by atoms with E-state index >= 15 is 0 Å². The Bertz CT molecular complexity index is 1110. The van der Waals surface area contributed by atoms with Gasteiger partial charge in [-0.05, 0) is 69.7 Å². The van der Waals surface area contributed by atoms with E-state index < -0.39 is 34.1 Å². The maximum absolute atomic E-state index is 13.5. The molecule has 2 rings (SSSR count). The van der Waals surface area contributed by atoms with Crippen LogP contribution in [-0.2, 0) is 26.2 Å². The number of amides is 2. The van der Waals surface area contributed by atoms with Crippen molar-refractivity contribution in [2.45, 2.75) is 45.8 Å². The van der Waals surface area contributed by atoms with Crippen LogP contribution in [0.25, 0.3) is 0 Å². The predicted molar refractivity (Wildman–Crippen MR) is 137 cm³/mol. The first-order valence-corrected chi connectivity index (χ1v) is 13.3. The van der Waals surface area contributed by atoms with E-state index in [1.54, 1.807) is 31.2 Å². The zero-order valence-corrected chi connectivity index (χ0v) is 22.7. The van der Waals surface area contributed by atoms with E-state index in [2.05, 4.69) is 21.2 Å². The van der Waals surface area contributed by atoms with Crippen molar-refractivity contribution in [1.29, 1.82) is 0 Å². The number of hydrogen-bond donors (Lipinski definition) is 1. The largest absolute Gasteiger partial charge is 0.497 e. The SMILES string of the molecule is COc1ccc(N(CC(=O)N(Cc2cccc(Br)c2)[C@H](C)C(=O)NC(C)(C)C)S(C)(=O)=O)cc1. The lowest BCUT2D eigenvalue weighted by molar-refractivity contribution is -0.140. The van der Waals surface area contributed by atoms with Gasteiger partial charge in [0, 0.05) is 16.6 Å². The molecule has 0 aliphatic carbocycles. The zero-order chi connectivity index (χ0) is 25.7. The van der Waals surface area contributed by atoms with Crippen LogP contribution in [0.1, 0.15) is 33.3 Å². The lowest BCUT2D eigenvalue weighted by Crippen LogP contribution is -2.54. The summed E-state index contributed by atoms with van der Waals surface area (Å²) < 4.78 is 32.1. The van der Waals surface area contributed by atoms with Gasteiger partial charge in [-0.25, -0.2) is 8.42 Å². The van der Waals surface area contributed by atoms with Crippen molar-refractivity contribution < 1.29 is 22.7 Å². The second-order valence-electron chi connectivity index (χ2n) is 9.03. The molecule has 0 unspecified atom stereocenters. The smallest absolute Gasteiger partial charge is 0.244 e. The Morgan fingerprint density at radius 2 is 1.74 bits per heavy atom. The third kappa shape index (κ3) is 8.02. The third-order valence-corrected chi connectivity index (χ3v) is 6.58. The fourth-order valence-corrected chi connectivity index (χ4v) is 4.55. The average Bonchev–Trinajstić information content (AvgIpc) is 2.73. The van der Waals surface area contributed by atoms with Gasteiger partial charge in [-0.15, -0.1) is 0 Å². The standard InChI is InChI=1S/C24H32BrN3O5S/c1-17(23(30)26-24(2,3)4)27(15-18-8-7-9-19(25)14-18)22(29)16-28(34(6,31)32)20-10-12-21(33-5)13-11-20/h7-14,17H,15-16H2,1-6H3,(H,26,30)/t17-/m1/s1. The molecular weight excluding hydrogens is 522 g/mol. The molecule has 0 aliphatic heterocycles. The van der Waals surface area contributed by atoms with Gasteiger partial charge < -0.3 is 15.0 Å². The van der Waals surface area contributed by atoms with E-state index in [1.165, 1.54) is 12.0 Å². The Balaban J connectivity index is 2.39. The Labute approximate surface area is 210 Å². The van der Waals surface area contributed by atoms with Crippen LogP contribution in [0.15, 0.2) is 53.0 Å². The Morgan fingerprint density at radius 1 is 1.12 bits per heavy atom. The molecule has 0 aromatic heterocycles. The van der Waals surface area contributed by atoms with Gasteiger partial charge in [0.05, 0.1) is 19.1 Å². The van der Waals surface area contributed by atoms with Crippen LogP contribution >= 0.6 is 15.9 Å². The van der Waals surface area contributed by atoms with Crippen LogP contribution in [-0.4, -0.2) is 56.6 Å². The number of methoxy groups -OCH3 is 1. The molecule has 34 heavy (non-hydrogen) atoms. The molecule has 186 valence electrons. The Hall–Kier alpha value is -2.59. The minimum Gasteiger partial charge on any atom is -0.497 e. The van der Waals surface area contributed by atoms with Crippen LogP contribution in [0, 0.1) is 0 Å². The highest BCUT2D eigenvalue weighted by atomic mass is 79.9. The van der Waals surface area contributed by atoms with Gasteiger partial charge in [0.15, 0.2) is 0 Å². The van der Waals surface area contributed by atoms with Gasteiger partial charge in [-0.3, -0.25) is 13.9 Å². The van der Waals surface area contributed by atoms with Crippen molar-refractivity contribution in [2.75, 3.05) is 24.2 Å². The summed E-state index contributed by atoms with van der Waals surface area (Å²) in [7, 11) is -2.27. The van der Waals surface area contributed by atoms with Crippen molar-refractivity contribution in [2.24, 2.45) is 0 Å². The number of carbonyl (C=O) groups is 2. The van der Waals surface area contributed by atoms with E-state index in [9.17, 15) is 18.0 Å². The highest BCUT2D eigenvalue weighted by Crippen LogP contribution is 2.23. The molecular formula is C24H32BrN3O5S. The van der Waals surface area contributed by atoms with Gasteiger partial charge in [-0.2, -0.15) is 0 Å². The van der Waals surface area contributed by atoms with Crippen LogP contribution in [0.5, 0.6) is 5.75 Å². The summed E-state index contributed by atoms with van der Waals surface area (Å²) in [6, 6.07) is 12.9. The summed E-state index contributed by atoms with van der Waals surface area (Å²) >= 11 is 3.42. The molecule has 0 saturated carbocycles. The highest BCUT2D eigenvalue weighted by Gasteiger charge is 2.31. The number of nitrogens with zero attached hydrogens (tertiary/aromatic N) is 2. The number of halogens is 1. The Morgan fingerprint density at radius 3 is 2.24 bits per heavy atom. The summed E-state index contributed by atoms with van der Waals surface area (Å²) in [5.41, 5.74) is 0.636. The number of carbonyl (C=O) groups excluding carboxylic acids is 2. The van der Waals surface area contributed by atoms with Gasteiger partial charge in [0.2, 0.25) is 21.8 Å². The lowest BCUT2D eigenvalue weighted by Gasteiger charge is -2.33. The van der Waals surface area contributed by atoms with Gasteiger partial charge >= 0.3 is 0 Å². The maximum Gasteiger partial charge on any atom is 0.244 e. The second-order valence-corrected chi connectivity index (χ2v) is 11.9. The molecule has 2 aromatic rings. The molecule has 2 amide bonds. The summed E-state index contributed by atoms with van der Waals surface area (Å²) in [6.45, 7) is 6.88. The number of anilines is 1. The summed E-state index contributed by atoms with van der Waals surface area (Å²) in [5, 5.41) is 2.89. The lowest BCUT2D eigenvalue weighted by atomic mass is 10.1. The molecule has 0 bridgehead atoms. The first-order chi connectivity index (χ1) is 15.7. The van der Waals surface area contributed by atoms with E-state index in [4.69, 9.17) is 4.74 Å². The topological polar surface area (TPSA) is 96.0 Å². The minimum atomic E-state index is -3.78.